The average Bonchev–Trinajstić information content (AvgIpc) is 2.52. The summed E-state index contributed by atoms with van der Waals surface area (Å²) in [7, 11) is 1.74. The maximum atomic E-state index is 13.5. The number of halogens is 4. The maximum Gasteiger partial charge on any atom is 0.387 e. The summed E-state index contributed by atoms with van der Waals surface area (Å²) in [6.45, 7) is -2.43. The van der Waals surface area contributed by atoms with Crippen molar-refractivity contribution < 1.29 is 32.0 Å². The molecule has 0 saturated carbocycles. The third-order valence-corrected chi connectivity index (χ3v) is 3.32. The van der Waals surface area contributed by atoms with Gasteiger partial charge < -0.3 is 15.0 Å². The average molecular weight is 357 g/mol. The molecule has 0 heterocycles. The zero-order valence-electron chi connectivity index (χ0n) is 13.4. The summed E-state index contributed by atoms with van der Waals surface area (Å²) in [6, 6.07) is 8.86. The van der Waals surface area contributed by atoms with Crippen LogP contribution in [0.15, 0.2) is 42.5 Å². The van der Waals surface area contributed by atoms with Gasteiger partial charge in [0.15, 0.2) is 6.54 Å². The van der Waals surface area contributed by atoms with Crippen LogP contribution in [0.2, 0.25) is 0 Å². The fourth-order valence-electron chi connectivity index (χ4n) is 2.26. The van der Waals surface area contributed by atoms with Crippen molar-refractivity contribution in [3.63, 3.8) is 0 Å². The normalized spacial score (nSPS) is 12.1. The second kappa shape index (κ2) is 8.48. The first kappa shape index (κ1) is 18.7. The van der Waals surface area contributed by atoms with Crippen LogP contribution in [-0.4, -0.2) is 26.1 Å². The third kappa shape index (κ3) is 6.07. The number of amides is 1. The Morgan fingerprint density at radius 3 is 2.48 bits per heavy atom. The molecule has 25 heavy (non-hydrogen) atoms. The molecule has 2 aromatic rings. The Hall–Kier alpha value is -2.61. The van der Waals surface area contributed by atoms with Crippen molar-refractivity contribution in [3.05, 3.63) is 59.7 Å². The minimum Gasteiger partial charge on any atom is -0.435 e. The monoisotopic (exact) mass is 357 g/mol. The van der Waals surface area contributed by atoms with E-state index in [1.807, 2.05) is 0 Å². The van der Waals surface area contributed by atoms with E-state index in [0.29, 0.717) is 6.54 Å². The van der Waals surface area contributed by atoms with E-state index in [0.717, 1.165) is 28.7 Å². The lowest BCUT2D eigenvalue weighted by atomic mass is 10.2. The number of carbonyl (C=O) groups is 1. The summed E-state index contributed by atoms with van der Waals surface area (Å²) >= 11 is 0. The molecule has 0 radical (unpaired) electrons. The number of ether oxygens (including phenoxy) is 1. The summed E-state index contributed by atoms with van der Waals surface area (Å²) in [4.78, 5) is 12.7. The highest BCUT2D eigenvalue weighted by Gasteiger charge is 2.14. The fourth-order valence-corrected chi connectivity index (χ4v) is 2.26. The van der Waals surface area contributed by atoms with E-state index in [4.69, 9.17) is 0 Å². The lowest BCUT2D eigenvalue weighted by molar-refractivity contribution is -0.885. The van der Waals surface area contributed by atoms with E-state index in [2.05, 4.69) is 10.1 Å². The van der Waals surface area contributed by atoms with Crippen LogP contribution in [0, 0.1) is 11.6 Å². The lowest BCUT2D eigenvalue weighted by Gasteiger charge is -2.14. The number of nitrogens with one attached hydrogen (secondary N) is 2. The Kier molecular flexibility index (Phi) is 6.35. The first-order valence-electron chi connectivity index (χ1n) is 7.43. The fraction of sp³-hybridized carbons (Fsp3) is 0.235. The topological polar surface area (TPSA) is 42.8 Å². The highest BCUT2D eigenvalue weighted by atomic mass is 19.3. The van der Waals surface area contributed by atoms with Gasteiger partial charge in [-0.25, -0.2) is 8.78 Å². The minimum atomic E-state index is -2.88. The Morgan fingerprint density at radius 2 is 1.84 bits per heavy atom. The molecule has 0 saturated heterocycles. The van der Waals surface area contributed by atoms with Gasteiger partial charge in [-0.3, -0.25) is 4.79 Å². The Bertz CT molecular complexity index is 723. The van der Waals surface area contributed by atoms with E-state index < -0.39 is 24.2 Å². The van der Waals surface area contributed by atoms with Crippen LogP contribution >= 0.6 is 0 Å². The molecule has 0 bridgehead atoms. The van der Waals surface area contributed by atoms with Gasteiger partial charge in [0, 0.05) is 11.6 Å². The van der Waals surface area contributed by atoms with Crippen molar-refractivity contribution in [2.45, 2.75) is 13.2 Å². The largest absolute Gasteiger partial charge is 0.435 e. The molecular weight excluding hydrogens is 340 g/mol. The molecule has 0 fully saturated rings. The second-order valence-electron chi connectivity index (χ2n) is 5.51. The minimum absolute atomic E-state index is 0.0191. The first-order valence-corrected chi connectivity index (χ1v) is 7.43. The van der Waals surface area contributed by atoms with Gasteiger partial charge in [-0.1, -0.05) is 0 Å². The molecule has 0 spiro atoms. The van der Waals surface area contributed by atoms with Gasteiger partial charge in [0.1, 0.15) is 23.9 Å². The van der Waals surface area contributed by atoms with E-state index in [1.165, 1.54) is 12.1 Å². The molecule has 2 aromatic carbocycles. The quantitative estimate of drug-likeness (QED) is 0.747. The van der Waals surface area contributed by atoms with Crippen LogP contribution in [0.1, 0.15) is 5.56 Å². The molecule has 0 aliphatic heterocycles. The van der Waals surface area contributed by atoms with Gasteiger partial charge >= 0.3 is 6.61 Å². The van der Waals surface area contributed by atoms with Crippen LogP contribution in [-0.2, 0) is 11.3 Å². The zero-order valence-corrected chi connectivity index (χ0v) is 13.4. The van der Waals surface area contributed by atoms with Crippen molar-refractivity contribution in [1.29, 1.82) is 0 Å². The molecule has 1 atom stereocenters. The van der Waals surface area contributed by atoms with Gasteiger partial charge in [0.05, 0.1) is 12.7 Å². The molecule has 1 amide bonds. The van der Waals surface area contributed by atoms with Crippen molar-refractivity contribution >= 4 is 11.6 Å². The van der Waals surface area contributed by atoms with E-state index >= 15 is 0 Å². The molecule has 134 valence electrons. The molecule has 0 aromatic heterocycles. The van der Waals surface area contributed by atoms with E-state index in [-0.39, 0.29) is 18.0 Å². The van der Waals surface area contributed by atoms with Gasteiger partial charge in [0.2, 0.25) is 0 Å². The van der Waals surface area contributed by atoms with Crippen LogP contribution < -0.4 is 15.0 Å². The Morgan fingerprint density at radius 1 is 1.16 bits per heavy atom. The summed E-state index contributed by atoms with van der Waals surface area (Å²) < 4.78 is 55.0. The molecule has 2 N–H and O–H groups in total. The van der Waals surface area contributed by atoms with Crippen molar-refractivity contribution in [3.8, 4) is 5.75 Å². The van der Waals surface area contributed by atoms with Crippen molar-refractivity contribution in [1.82, 2.24) is 0 Å². The molecule has 0 aliphatic rings. The zero-order chi connectivity index (χ0) is 18.4. The Balaban J connectivity index is 1.87. The highest BCUT2D eigenvalue weighted by molar-refractivity contribution is 5.91. The number of rotatable bonds is 7. The van der Waals surface area contributed by atoms with Crippen LogP contribution in [0.5, 0.6) is 5.75 Å². The summed E-state index contributed by atoms with van der Waals surface area (Å²) in [5.41, 5.74) is 0.593. The van der Waals surface area contributed by atoms with E-state index in [9.17, 15) is 22.4 Å². The summed E-state index contributed by atoms with van der Waals surface area (Å²) in [5, 5.41) is 2.32. The number of quaternary nitrogens is 1. The van der Waals surface area contributed by atoms with Gasteiger partial charge in [0.25, 0.3) is 5.91 Å². The van der Waals surface area contributed by atoms with E-state index in [1.54, 1.807) is 19.2 Å². The van der Waals surface area contributed by atoms with Gasteiger partial charge in [-0.15, -0.1) is 0 Å². The molecule has 1 unspecified atom stereocenters. The number of benzene rings is 2. The van der Waals surface area contributed by atoms with Crippen LogP contribution in [0.25, 0.3) is 0 Å². The standard InChI is InChI=1S/C17H16F4N2O2/c1-23(9-11-2-5-13(6-3-11)25-17(20)21)10-16(24)22-15-8-12(18)4-7-14(15)19/h2-8,17H,9-10H2,1H3,(H,22,24)/p+1. The predicted octanol–water partition coefficient (Wildman–Crippen LogP) is 2.22. The predicted molar refractivity (Wildman–Crippen MR) is 83.5 cm³/mol. The first-order chi connectivity index (χ1) is 11.8. The van der Waals surface area contributed by atoms with Crippen LogP contribution in [0.4, 0.5) is 23.2 Å². The number of alkyl halides is 2. The van der Waals surface area contributed by atoms with Gasteiger partial charge in [-0.05, 0) is 36.4 Å². The van der Waals surface area contributed by atoms with Gasteiger partial charge in [-0.2, -0.15) is 8.78 Å². The third-order valence-electron chi connectivity index (χ3n) is 3.32. The lowest BCUT2D eigenvalue weighted by Crippen LogP contribution is -3.08. The molecule has 2 rings (SSSR count). The number of anilines is 1. The molecular formula is C17H17F4N2O2+. The van der Waals surface area contributed by atoms with Crippen molar-refractivity contribution in [2.75, 3.05) is 18.9 Å². The summed E-state index contributed by atoms with van der Waals surface area (Å²) in [5.74, 6) is -1.79. The SMILES string of the molecule is C[NH+](CC(=O)Nc1cc(F)ccc1F)Cc1ccc(OC(F)F)cc1. The highest BCUT2D eigenvalue weighted by Crippen LogP contribution is 2.15. The second-order valence-corrected chi connectivity index (χ2v) is 5.51. The number of hydrogen-bond donors (Lipinski definition) is 2. The number of likely N-dealkylation sites (N-methyl/N-ethyl adjacent to an activating group) is 1. The number of carbonyl (C=O) groups excluding carboxylic acids is 1. The molecule has 0 aliphatic carbocycles. The van der Waals surface area contributed by atoms with Crippen molar-refractivity contribution in [2.24, 2.45) is 0 Å². The maximum absolute atomic E-state index is 13.5. The molecule has 8 heteroatoms. The number of hydrogen-bond acceptors (Lipinski definition) is 2. The smallest absolute Gasteiger partial charge is 0.387 e. The summed E-state index contributed by atoms with van der Waals surface area (Å²) in [6.07, 6.45) is 0. The molecule has 4 nitrogen and oxygen atoms in total. The van der Waals surface area contributed by atoms with Crippen LogP contribution in [0.3, 0.4) is 0 Å². The Labute approximate surface area is 142 Å².